The molecule has 0 aliphatic heterocycles. The van der Waals surface area contributed by atoms with Gasteiger partial charge in [0.15, 0.2) is 0 Å². The number of nitriles is 1. The van der Waals surface area contributed by atoms with Gasteiger partial charge in [-0.2, -0.15) is 5.26 Å². The fourth-order valence-electron chi connectivity index (χ4n) is 3.19. The highest BCUT2D eigenvalue weighted by Gasteiger charge is 2.19. The zero-order valence-electron chi connectivity index (χ0n) is 17.6. The average Bonchev–Trinajstić information content (AvgIpc) is 2.79. The summed E-state index contributed by atoms with van der Waals surface area (Å²) in [6.07, 6.45) is 0.378. The lowest BCUT2D eigenvalue weighted by molar-refractivity contribution is -0.115. The van der Waals surface area contributed by atoms with E-state index in [-0.39, 0.29) is 11.8 Å². The molecule has 0 saturated carbocycles. The van der Waals surface area contributed by atoms with Crippen LogP contribution in [0.1, 0.15) is 46.3 Å². The van der Waals surface area contributed by atoms with Gasteiger partial charge in [-0.3, -0.25) is 9.59 Å². The van der Waals surface area contributed by atoms with Crippen molar-refractivity contribution in [2.24, 2.45) is 0 Å². The summed E-state index contributed by atoms with van der Waals surface area (Å²) < 4.78 is 0. The van der Waals surface area contributed by atoms with Crippen LogP contribution in [0, 0.1) is 18.3 Å². The molecule has 0 aromatic heterocycles. The molecule has 1 atom stereocenters. The number of nitrogens with zero attached hydrogens (tertiary/aromatic N) is 1. The van der Waals surface area contributed by atoms with E-state index in [1.165, 1.54) is 0 Å². The van der Waals surface area contributed by atoms with Crippen molar-refractivity contribution in [2.75, 3.05) is 10.6 Å². The Morgan fingerprint density at radius 3 is 2.25 bits per heavy atom. The van der Waals surface area contributed by atoms with E-state index in [2.05, 4.69) is 16.7 Å². The van der Waals surface area contributed by atoms with E-state index in [1.807, 2.05) is 13.0 Å². The van der Waals surface area contributed by atoms with Gasteiger partial charge in [-0.1, -0.05) is 48.3 Å². The van der Waals surface area contributed by atoms with Crippen molar-refractivity contribution in [1.29, 1.82) is 5.26 Å². The summed E-state index contributed by atoms with van der Waals surface area (Å²) in [6.45, 7) is 3.61. The van der Waals surface area contributed by atoms with Crippen LogP contribution >= 0.6 is 23.2 Å². The second kappa shape index (κ2) is 10.3. The van der Waals surface area contributed by atoms with Crippen molar-refractivity contribution in [1.82, 2.24) is 0 Å². The highest BCUT2D eigenvalue weighted by atomic mass is 35.5. The van der Waals surface area contributed by atoms with Gasteiger partial charge in [0.1, 0.15) is 0 Å². The fraction of sp³-hybridized carbons (Fsp3) is 0.160. The van der Waals surface area contributed by atoms with Crippen molar-refractivity contribution in [3.8, 4) is 6.07 Å². The highest BCUT2D eigenvalue weighted by Crippen LogP contribution is 2.34. The molecule has 2 N–H and O–H groups in total. The zero-order chi connectivity index (χ0) is 23.3. The van der Waals surface area contributed by atoms with Crippen LogP contribution in [0.2, 0.25) is 10.0 Å². The minimum Gasteiger partial charge on any atom is -0.326 e. The number of nitrogens with one attached hydrogen (secondary N) is 2. The van der Waals surface area contributed by atoms with Gasteiger partial charge in [0.2, 0.25) is 5.91 Å². The lowest BCUT2D eigenvalue weighted by Crippen LogP contribution is -2.14. The van der Waals surface area contributed by atoms with Crippen LogP contribution in [-0.4, -0.2) is 11.8 Å². The SMILES string of the molecule is CCC(=O)Nc1ccc(C(=O)Nc2cc(Cl)c(C(C#N)c3ccc(Cl)cc3)cc2C)cc1. The molecular formula is C25H21Cl2N3O2. The predicted octanol–water partition coefficient (Wildman–Crippen LogP) is 6.56. The van der Waals surface area contributed by atoms with Crippen LogP contribution in [0.25, 0.3) is 0 Å². The largest absolute Gasteiger partial charge is 0.326 e. The van der Waals surface area contributed by atoms with Crippen molar-refractivity contribution in [3.63, 3.8) is 0 Å². The number of carbonyl (C=O) groups excluding carboxylic acids is 2. The average molecular weight is 466 g/mol. The Kier molecular flexibility index (Phi) is 7.53. The van der Waals surface area contributed by atoms with E-state index >= 15 is 0 Å². The second-order valence-corrected chi connectivity index (χ2v) is 8.08. The van der Waals surface area contributed by atoms with E-state index in [4.69, 9.17) is 23.2 Å². The molecule has 5 nitrogen and oxygen atoms in total. The molecule has 0 fully saturated rings. The number of hydrogen-bond acceptors (Lipinski definition) is 3. The summed E-state index contributed by atoms with van der Waals surface area (Å²) >= 11 is 12.5. The third-order valence-electron chi connectivity index (χ3n) is 4.99. The molecule has 162 valence electrons. The Hall–Kier alpha value is -3.33. The molecule has 0 bridgehead atoms. The first kappa shape index (κ1) is 23.3. The van der Waals surface area contributed by atoms with Gasteiger partial charge in [-0.05, 0) is 66.1 Å². The molecule has 0 radical (unpaired) electrons. The van der Waals surface area contributed by atoms with Gasteiger partial charge >= 0.3 is 0 Å². The summed E-state index contributed by atoms with van der Waals surface area (Å²) in [5, 5.41) is 16.3. The van der Waals surface area contributed by atoms with E-state index in [0.29, 0.717) is 39.0 Å². The molecule has 1 unspecified atom stereocenters. The van der Waals surface area contributed by atoms with Gasteiger partial charge in [0, 0.05) is 33.4 Å². The lowest BCUT2D eigenvalue weighted by atomic mass is 9.91. The summed E-state index contributed by atoms with van der Waals surface area (Å²) in [5.41, 5.74) is 3.84. The summed E-state index contributed by atoms with van der Waals surface area (Å²) in [4.78, 5) is 24.2. The number of halogens is 2. The van der Waals surface area contributed by atoms with E-state index in [9.17, 15) is 14.9 Å². The first-order valence-corrected chi connectivity index (χ1v) is 10.7. The Bertz CT molecular complexity index is 1180. The highest BCUT2D eigenvalue weighted by molar-refractivity contribution is 6.32. The zero-order valence-corrected chi connectivity index (χ0v) is 19.1. The summed E-state index contributed by atoms with van der Waals surface area (Å²) in [7, 11) is 0. The van der Waals surface area contributed by atoms with Crippen molar-refractivity contribution in [3.05, 3.63) is 93.0 Å². The number of carbonyl (C=O) groups is 2. The van der Waals surface area contributed by atoms with E-state index < -0.39 is 5.92 Å². The van der Waals surface area contributed by atoms with Crippen LogP contribution < -0.4 is 10.6 Å². The number of anilines is 2. The van der Waals surface area contributed by atoms with Gasteiger partial charge in [-0.25, -0.2) is 0 Å². The standard InChI is InChI=1S/C25H21Cl2N3O2/c1-3-24(31)29-19-10-6-17(7-11-19)25(32)30-23-13-22(27)20(12-15(23)2)21(14-28)16-4-8-18(26)9-5-16/h4-13,21H,3H2,1-2H3,(H,29,31)(H,30,32). The van der Waals surface area contributed by atoms with Crippen LogP contribution in [0.5, 0.6) is 0 Å². The van der Waals surface area contributed by atoms with Crippen LogP contribution in [0.4, 0.5) is 11.4 Å². The van der Waals surface area contributed by atoms with Crippen LogP contribution in [0.15, 0.2) is 60.7 Å². The Labute approximate surface area is 197 Å². The first-order chi connectivity index (χ1) is 15.3. The van der Waals surface area contributed by atoms with Gasteiger partial charge in [0.25, 0.3) is 5.91 Å². The van der Waals surface area contributed by atoms with Crippen molar-refractivity contribution >= 4 is 46.4 Å². The third-order valence-corrected chi connectivity index (χ3v) is 5.57. The Morgan fingerprint density at radius 1 is 1.00 bits per heavy atom. The maximum absolute atomic E-state index is 12.7. The van der Waals surface area contributed by atoms with E-state index in [1.54, 1.807) is 61.5 Å². The van der Waals surface area contributed by atoms with Crippen molar-refractivity contribution in [2.45, 2.75) is 26.2 Å². The predicted molar refractivity (Wildman–Crippen MR) is 128 cm³/mol. The molecule has 7 heteroatoms. The molecule has 0 aliphatic rings. The molecule has 32 heavy (non-hydrogen) atoms. The Morgan fingerprint density at radius 2 is 1.66 bits per heavy atom. The summed E-state index contributed by atoms with van der Waals surface area (Å²) in [6, 6.07) is 19.4. The normalized spacial score (nSPS) is 11.3. The minimum atomic E-state index is -0.561. The minimum absolute atomic E-state index is 0.0955. The number of hydrogen-bond donors (Lipinski definition) is 2. The van der Waals surface area contributed by atoms with Crippen LogP contribution in [0.3, 0.4) is 0 Å². The molecule has 0 spiro atoms. The van der Waals surface area contributed by atoms with Gasteiger partial charge in [0.05, 0.1) is 12.0 Å². The third kappa shape index (κ3) is 5.47. The molecule has 2 amide bonds. The quantitative estimate of drug-likeness (QED) is 0.432. The van der Waals surface area contributed by atoms with Gasteiger partial charge < -0.3 is 10.6 Å². The molecule has 0 saturated heterocycles. The number of rotatable bonds is 6. The molecule has 0 heterocycles. The van der Waals surface area contributed by atoms with Crippen molar-refractivity contribution < 1.29 is 9.59 Å². The fourth-order valence-corrected chi connectivity index (χ4v) is 3.59. The lowest BCUT2D eigenvalue weighted by Gasteiger charge is -2.16. The maximum Gasteiger partial charge on any atom is 0.255 e. The molecule has 3 rings (SSSR count). The number of benzene rings is 3. The molecule has 0 aliphatic carbocycles. The molecular weight excluding hydrogens is 445 g/mol. The molecule has 3 aromatic rings. The van der Waals surface area contributed by atoms with E-state index in [0.717, 1.165) is 11.1 Å². The maximum atomic E-state index is 12.7. The topological polar surface area (TPSA) is 82.0 Å². The second-order valence-electron chi connectivity index (χ2n) is 7.24. The first-order valence-electron chi connectivity index (χ1n) is 9.98. The smallest absolute Gasteiger partial charge is 0.255 e. The number of aryl methyl sites for hydroxylation is 1. The van der Waals surface area contributed by atoms with Gasteiger partial charge in [-0.15, -0.1) is 0 Å². The monoisotopic (exact) mass is 465 g/mol. The summed E-state index contributed by atoms with van der Waals surface area (Å²) in [5.74, 6) is -0.962. The Balaban J connectivity index is 1.80. The van der Waals surface area contributed by atoms with Crippen LogP contribution in [-0.2, 0) is 4.79 Å². The number of amides is 2. The molecule has 3 aromatic carbocycles.